The maximum Gasteiger partial charge on any atom is 0.234 e. The van der Waals surface area contributed by atoms with Crippen LogP contribution >= 0.6 is 0 Å². The van der Waals surface area contributed by atoms with Gasteiger partial charge >= 0.3 is 0 Å². The molecule has 19 heavy (non-hydrogen) atoms. The van der Waals surface area contributed by atoms with Gasteiger partial charge in [0.05, 0.1) is 6.54 Å². The molecule has 2 N–H and O–H groups in total. The summed E-state index contributed by atoms with van der Waals surface area (Å²) in [4.78, 5) is 11.6. The van der Waals surface area contributed by atoms with Crippen LogP contribution in [0.3, 0.4) is 0 Å². The third-order valence-electron chi connectivity index (χ3n) is 3.32. The summed E-state index contributed by atoms with van der Waals surface area (Å²) in [5, 5.41) is 6.02. The number of hydrogen-bond donors (Lipinski definition) is 2. The highest BCUT2D eigenvalue weighted by Gasteiger charge is 2.04. The maximum atomic E-state index is 11.6. The summed E-state index contributed by atoms with van der Waals surface area (Å²) in [6.07, 6.45) is 1.15. The second-order valence-electron chi connectivity index (χ2n) is 5.36. The van der Waals surface area contributed by atoms with Crippen molar-refractivity contribution in [3.63, 3.8) is 0 Å². The lowest BCUT2D eigenvalue weighted by Gasteiger charge is -2.11. The Bertz CT molecular complexity index is 384. The summed E-state index contributed by atoms with van der Waals surface area (Å²) in [7, 11) is 0. The zero-order chi connectivity index (χ0) is 14.3. The van der Waals surface area contributed by atoms with Crippen LogP contribution in [0.2, 0.25) is 0 Å². The maximum absolute atomic E-state index is 11.6. The molecule has 1 rings (SSSR count). The quantitative estimate of drug-likeness (QED) is 0.793. The first kappa shape index (κ1) is 15.7. The van der Waals surface area contributed by atoms with E-state index in [-0.39, 0.29) is 5.91 Å². The zero-order valence-corrected chi connectivity index (χ0v) is 12.5. The molecule has 0 spiro atoms. The Balaban J connectivity index is 2.39. The minimum atomic E-state index is 0.0414. The fourth-order valence-electron chi connectivity index (χ4n) is 1.76. The summed E-state index contributed by atoms with van der Waals surface area (Å²) >= 11 is 0. The van der Waals surface area contributed by atoms with Crippen LogP contribution in [0.5, 0.6) is 0 Å². The van der Waals surface area contributed by atoms with Gasteiger partial charge in [0.2, 0.25) is 5.91 Å². The van der Waals surface area contributed by atoms with E-state index in [0.29, 0.717) is 25.0 Å². The molecule has 1 aromatic rings. The van der Waals surface area contributed by atoms with Crippen LogP contribution < -0.4 is 10.6 Å². The van der Waals surface area contributed by atoms with Crippen molar-refractivity contribution in [2.75, 3.05) is 6.54 Å². The number of carbonyl (C=O) groups is 1. The number of rotatable bonds is 7. The molecule has 1 aromatic carbocycles. The zero-order valence-electron chi connectivity index (χ0n) is 12.5. The standard InChI is InChI=1S/C16H26N2O/c1-5-13(4)15-8-6-14(7-9-15)10-18-16(19)11-17-12(2)3/h6-9,12-13,17H,5,10-11H2,1-4H3,(H,18,19). The van der Waals surface area contributed by atoms with E-state index in [9.17, 15) is 4.79 Å². The van der Waals surface area contributed by atoms with Crippen molar-refractivity contribution in [2.24, 2.45) is 0 Å². The van der Waals surface area contributed by atoms with E-state index in [0.717, 1.165) is 12.0 Å². The van der Waals surface area contributed by atoms with Gasteiger partial charge in [-0.05, 0) is 23.5 Å². The van der Waals surface area contributed by atoms with Gasteiger partial charge < -0.3 is 10.6 Å². The average Bonchev–Trinajstić information content (AvgIpc) is 2.42. The molecule has 0 aliphatic carbocycles. The molecular formula is C16H26N2O. The highest BCUT2D eigenvalue weighted by atomic mass is 16.1. The number of carbonyl (C=O) groups excluding carboxylic acids is 1. The summed E-state index contributed by atoms with van der Waals surface area (Å²) < 4.78 is 0. The minimum absolute atomic E-state index is 0.0414. The normalized spacial score (nSPS) is 12.5. The number of benzene rings is 1. The Morgan fingerprint density at radius 3 is 2.32 bits per heavy atom. The molecule has 3 nitrogen and oxygen atoms in total. The highest BCUT2D eigenvalue weighted by molar-refractivity contribution is 5.77. The van der Waals surface area contributed by atoms with Gasteiger partial charge in [-0.1, -0.05) is 52.0 Å². The van der Waals surface area contributed by atoms with E-state index in [1.807, 2.05) is 13.8 Å². The van der Waals surface area contributed by atoms with Crippen LogP contribution in [0, 0.1) is 0 Å². The van der Waals surface area contributed by atoms with Crippen LogP contribution in [-0.4, -0.2) is 18.5 Å². The third-order valence-corrected chi connectivity index (χ3v) is 3.32. The highest BCUT2D eigenvalue weighted by Crippen LogP contribution is 2.18. The smallest absolute Gasteiger partial charge is 0.234 e. The van der Waals surface area contributed by atoms with Crippen molar-refractivity contribution in [1.82, 2.24) is 10.6 Å². The van der Waals surface area contributed by atoms with Crippen molar-refractivity contribution in [1.29, 1.82) is 0 Å². The second kappa shape index (κ2) is 7.95. The molecule has 0 aromatic heterocycles. The van der Waals surface area contributed by atoms with Gasteiger partial charge in [-0.3, -0.25) is 4.79 Å². The molecule has 0 saturated carbocycles. The van der Waals surface area contributed by atoms with E-state index >= 15 is 0 Å². The molecule has 1 amide bonds. The Hall–Kier alpha value is -1.35. The number of hydrogen-bond acceptors (Lipinski definition) is 2. The Kier molecular flexibility index (Phi) is 6.57. The number of amides is 1. The Labute approximate surface area is 116 Å². The van der Waals surface area contributed by atoms with Crippen molar-refractivity contribution < 1.29 is 4.79 Å². The summed E-state index contributed by atoms with van der Waals surface area (Å²) in [5.41, 5.74) is 2.50. The van der Waals surface area contributed by atoms with Crippen molar-refractivity contribution in [3.8, 4) is 0 Å². The van der Waals surface area contributed by atoms with Gasteiger partial charge in [-0.25, -0.2) is 0 Å². The molecule has 0 saturated heterocycles. The molecule has 0 heterocycles. The lowest BCUT2D eigenvalue weighted by Crippen LogP contribution is -2.36. The second-order valence-corrected chi connectivity index (χ2v) is 5.36. The molecular weight excluding hydrogens is 236 g/mol. The lowest BCUT2D eigenvalue weighted by atomic mass is 9.98. The summed E-state index contributed by atoms with van der Waals surface area (Å²) in [5.74, 6) is 0.638. The SMILES string of the molecule is CCC(C)c1ccc(CNC(=O)CNC(C)C)cc1. The van der Waals surface area contributed by atoms with Crippen LogP contribution in [-0.2, 0) is 11.3 Å². The first-order valence-corrected chi connectivity index (χ1v) is 7.11. The van der Waals surface area contributed by atoms with Crippen molar-refractivity contribution in [2.45, 2.75) is 52.6 Å². The van der Waals surface area contributed by atoms with Gasteiger partial charge in [0.15, 0.2) is 0 Å². The molecule has 1 atom stereocenters. The Morgan fingerprint density at radius 1 is 1.16 bits per heavy atom. The molecule has 0 aliphatic rings. The largest absolute Gasteiger partial charge is 0.351 e. The van der Waals surface area contributed by atoms with Crippen LogP contribution in [0.25, 0.3) is 0 Å². The molecule has 0 fully saturated rings. The minimum Gasteiger partial charge on any atom is -0.351 e. The molecule has 0 radical (unpaired) electrons. The average molecular weight is 262 g/mol. The fraction of sp³-hybridized carbons (Fsp3) is 0.562. The van der Waals surface area contributed by atoms with Crippen LogP contribution in [0.1, 0.15) is 51.2 Å². The molecule has 106 valence electrons. The van der Waals surface area contributed by atoms with Crippen LogP contribution in [0.4, 0.5) is 0 Å². The van der Waals surface area contributed by atoms with E-state index in [4.69, 9.17) is 0 Å². The summed E-state index contributed by atoms with van der Waals surface area (Å²) in [6.45, 7) is 9.46. The van der Waals surface area contributed by atoms with E-state index in [2.05, 4.69) is 48.7 Å². The van der Waals surface area contributed by atoms with Gasteiger partial charge in [-0.15, -0.1) is 0 Å². The lowest BCUT2D eigenvalue weighted by molar-refractivity contribution is -0.120. The molecule has 1 unspecified atom stereocenters. The fourth-order valence-corrected chi connectivity index (χ4v) is 1.76. The molecule has 0 bridgehead atoms. The van der Waals surface area contributed by atoms with E-state index in [1.165, 1.54) is 5.56 Å². The predicted octanol–water partition coefficient (Wildman–Crippen LogP) is 2.81. The van der Waals surface area contributed by atoms with Crippen molar-refractivity contribution >= 4 is 5.91 Å². The van der Waals surface area contributed by atoms with E-state index in [1.54, 1.807) is 0 Å². The first-order chi connectivity index (χ1) is 9.02. The number of nitrogens with one attached hydrogen (secondary N) is 2. The summed E-state index contributed by atoms with van der Waals surface area (Å²) in [6, 6.07) is 8.83. The monoisotopic (exact) mass is 262 g/mol. The third kappa shape index (κ3) is 5.88. The van der Waals surface area contributed by atoms with Gasteiger partial charge in [0.1, 0.15) is 0 Å². The topological polar surface area (TPSA) is 41.1 Å². The van der Waals surface area contributed by atoms with Gasteiger partial charge in [0.25, 0.3) is 0 Å². The Morgan fingerprint density at radius 2 is 1.79 bits per heavy atom. The van der Waals surface area contributed by atoms with Crippen molar-refractivity contribution in [3.05, 3.63) is 35.4 Å². The molecule has 3 heteroatoms. The molecule has 0 aliphatic heterocycles. The first-order valence-electron chi connectivity index (χ1n) is 7.11. The van der Waals surface area contributed by atoms with Crippen LogP contribution in [0.15, 0.2) is 24.3 Å². The van der Waals surface area contributed by atoms with Gasteiger partial charge in [0, 0.05) is 12.6 Å². The van der Waals surface area contributed by atoms with E-state index < -0.39 is 0 Å². The predicted molar refractivity (Wildman–Crippen MR) is 80.1 cm³/mol. The van der Waals surface area contributed by atoms with Gasteiger partial charge in [-0.2, -0.15) is 0 Å².